The topological polar surface area (TPSA) is 65.4 Å². The summed E-state index contributed by atoms with van der Waals surface area (Å²) in [6.07, 6.45) is 5.68. The Kier molecular flexibility index (Phi) is 4.81. The normalized spacial score (nSPS) is 13.8. The molecule has 0 bridgehead atoms. The smallest absolute Gasteiger partial charge is 0.268 e. The number of benzene rings is 2. The van der Waals surface area contributed by atoms with Gasteiger partial charge in [0.2, 0.25) is 0 Å². The van der Waals surface area contributed by atoms with Crippen LogP contribution in [0.5, 0.6) is 5.75 Å². The number of hydrogen-bond acceptors (Lipinski definition) is 4. The molecule has 0 fully saturated rings. The molecule has 0 N–H and O–H groups in total. The molecule has 0 radical (unpaired) electrons. The Morgan fingerprint density at radius 2 is 1.82 bits per heavy atom. The molecule has 0 saturated heterocycles. The number of carbonyl (C=O) groups excluding carboxylic acids is 1. The summed E-state index contributed by atoms with van der Waals surface area (Å²) in [6.45, 7) is 0. The van der Waals surface area contributed by atoms with Crippen molar-refractivity contribution >= 4 is 16.3 Å². The Hall–Kier alpha value is -2.86. The van der Waals surface area contributed by atoms with Crippen LogP contribution in [0.4, 0.5) is 0 Å². The van der Waals surface area contributed by atoms with E-state index in [4.69, 9.17) is 4.74 Å². The maximum Gasteiger partial charge on any atom is 0.268 e. The second-order valence-corrected chi connectivity index (χ2v) is 8.69. The van der Waals surface area contributed by atoms with E-state index in [2.05, 4.69) is 0 Å². The van der Waals surface area contributed by atoms with Gasteiger partial charge in [0.05, 0.1) is 17.7 Å². The van der Waals surface area contributed by atoms with E-state index in [1.165, 1.54) is 23.3 Å². The molecular formula is C22H21NO4S. The van der Waals surface area contributed by atoms with E-state index in [1.54, 1.807) is 18.2 Å². The first kappa shape index (κ1) is 18.5. The van der Waals surface area contributed by atoms with Crippen molar-refractivity contribution < 1.29 is 17.9 Å². The highest BCUT2D eigenvalue weighted by molar-refractivity contribution is 7.90. The molecule has 6 heteroatoms. The van der Waals surface area contributed by atoms with Crippen LogP contribution >= 0.6 is 0 Å². The lowest BCUT2D eigenvalue weighted by molar-refractivity contribution is 0.112. The Bertz CT molecular complexity index is 1150. The van der Waals surface area contributed by atoms with Crippen LogP contribution in [0.15, 0.2) is 59.6 Å². The summed E-state index contributed by atoms with van der Waals surface area (Å²) < 4.78 is 33.5. The van der Waals surface area contributed by atoms with Crippen LogP contribution in [0.1, 0.15) is 34.3 Å². The van der Waals surface area contributed by atoms with E-state index >= 15 is 0 Å². The standard InChI is InChI=1S/C22H21NO4S/c1-27-18-9-6-10-19(13-18)28(25,26)23-14-17(15-24)21-12-5-3-8-16-7-2-4-11-20(16)22(21)23/h2,4,6-7,9-11,13-15H,3,5,8,12H2,1H3. The minimum absolute atomic E-state index is 0.127. The van der Waals surface area contributed by atoms with Crippen LogP contribution < -0.4 is 4.74 Å². The first-order valence-corrected chi connectivity index (χ1v) is 10.7. The van der Waals surface area contributed by atoms with Crippen LogP contribution in [0, 0.1) is 0 Å². The van der Waals surface area contributed by atoms with E-state index < -0.39 is 10.0 Å². The van der Waals surface area contributed by atoms with Gasteiger partial charge in [-0.2, -0.15) is 0 Å². The largest absolute Gasteiger partial charge is 0.497 e. The van der Waals surface area contributed by atoms with Crippen LogP contribution in [-0.4, -0.2) is 25.8 Å². The number of hydrogen-bond donors (Lipinski definition) is 0. The van der Waals surface area contributed by atoms with Crippen molar-refractivity contribution in [1.29, 1.82) is 0 Å². The Balaban J connectivity index is 2.01. The molecule has 1 aliphatic rings. The summed E-state index contributed by atoms with van der Waals surface area (Å²) in [5.41, 5.74) is 3.80. The average molecular weight is 395 g/mol. The monoisotopic (exact) mass is 395 g/mol. The van der Waals surface area contributed by atoms with E-state index in [0.29, 0.717) is 23.4 Å². The number of fused-ring (bicyclic) bond motifs is 3. The lowest BCUT2D eigenvalue weighted by Gasteiger charge is -2.18. The molecule has 5 nitrogen and oxygen atoms in total. The summed E-state index contributed by atoms with van der Waals surface area (Å²) in [6, 6.07) is 14.2. The number of nitrogens with zero attached hydrogens (tertiary/aromatic N) is 1. The quantitative estimate of drug-likeness (QED) is 0.624. The van der Waals surface area contributed by atoms with Gasteiger partial charge in [0, 0.05) is 23.4 Å². The molecule has 144 valence electrons. The predicted octanol–water partition coefficient (Wildman–Crippen LogP) is 4.09. The SMILES string of the molecule is COc1cccc(S(=O)(=O)n2cc(C=O)c3c2-c2ccccc2CCCC3)c1. The first-order chi connectivity index (χ1) is 13.6. The van der Waals surface area contributed by atoms with Gasteiger partial charge in [-0.15, -0.1) is 0 Å². The van der Waals surface area contributed by atoms with Gasteiger partial charge in [-0.25, -0.2) is 12.4 Å². The third kappa shape index (κ3) is 3.03. The molecule has 1 heterocycles. The zero-order valence-corrected chi connectivity index (χ0v) is 16.4. The van der Waals surface area contributed by atoms with Crippen LogP contribution in [0.3, 0.4) is 0 Å². The minimum Gasteiger partial charge on any atom is -0.497 e. The van der Waals surface area contributed by atoms with Gasteiger partial charge >= 0.3 is 0 Å². The van der Waals surface area contributed by atoms with Crippen molar-refractivity contribution in [2.75, 3.05) is 7.11 Å². The molecule has 0 aliphatic heterocycles. The van der Waals surface area contributed by atoms with Gasteiger partial charge in [0.1, 0.15) is 5.75 Å². The van der Waals surface area contributed by atoms with Gasteiger partial charge < -0.3 is 4.74 Å². The number of ether oxygens (including phenoxy) is 1. The summed E-state index contributed by atoms with van der Waals surface area (Å²) in [5, 5.41) is 0. The molecule has 0 spiro atoms. The fraction of sp³-hybridized carbons (Fsp3) is 0.227. The van der Waals surface area contributed by atoms with Gasteiger partial charge in [-0.3, -0.25) is 4.79 Å². The van der Waals surface area contributed by atoms with E-state index in [-0.39, 0.29) is 4.90 Å². The molecule has 4 rings (SSSR count). The highest BCUT2D eigenvalue weighted by atomic mass is 32.2. The van der Waals surface area contributed by atoms with Crippen molar-refractivity contribution in [3.63, 3.8) is 0 Å². The molecular weight excluding hydrogens is 374 g/mol. The first-order valence-electron chi connectivity index (χ1n) is 9.23. The van der Waals surface area contributed by atoms with Crippen molar-refractivity contribution in [3.8, 4) is 17.0 Å². The molecule has 0 unspecified atom stereocenters. The number of aromatic nitrogens is 1. The fourth-order valence-electron chi connectivity index (χ4n) is 3.84. The molecule has 0 amide bonds. The van der Waals surface area contributed by atoms with Crippen LogP contribution in [-0.2, 0) is 22.9 Å². The Morgan fingerprint density at radius 3 is 2.61 bits per heavy atom. The molecule has 0 atom stereocenters. The highest BCUT2D eigenvalue weighted by Gasteiger charge is 2.28. The average Bonchev–Trinajstić information content (AvgIpc) is 3.08. The number of aryl methyl sites for hydroxylation is 1. The summed E-state index contributed by atoms with van der Waals surface area (Å²) >= 11 is 0. The van der Waals surface area contributed by atoms with Crippen molar-refractivity contribution in [1.82, 2.24) is 3.97 Å². The predicted molar refractivity (Wildman–Crippen MR) is 107 cm³/mol. The fourth-order valence-corrected chi connectivity index (χ4v) is 5.28. The van der Waals surface area contributed by atoms with Crippen molar-refractivity contribution in [3.05, 3.63) is 71.4 Å². The Labute approximate surface area is 164 Å². The minimum atomic E-state index is -3.90. The highest BCUT2D eigenvalue weighted by Crippen LogP contribution is 2.36. The van der Waals surface area contributed by atoms with E-state index in [1.807, 2.05) is 24.3 Å². The zero-order chi connectivity index (χ0) is 19.7. The maximum absolute atomic E-state index is 13.5. The molecule has 1 aliphatic carbocycles. The molecule has 1 aromatic heterocycles. The molecule has 2 aromatic carbocycles. The van der Waals surface area contributed by atoms with Crippen molar-refractivity contribution in [2.45, 2.75) is 30.6 Å². The number of rotatable bonds is 4. The summed E-state index contributed by atoms with van der Waals surface area (Å²) in [4.78, 5) is 11.9. The maximum atomic E-state index is 13.5. The summed E-state index contributed by atoms with van der Waals surface area (Å²) in [5.74, 6) is 0.465. The van der Waals surface area contributed by atoms with Crippen LogP contribution in [0.2, 0.25) is 0 Å². The Morgan fingerprint density at radius 1 is 1.04 bits per heavy atom. The lowest BCUT2D eigenvalue weighted by atomic mass is 9.91. The van der Waals surface area contributed by atoms with Gasteiger partial charge in [-0.05, 0) is 48.9 Å². The lowest BCUT2D eigenvalue weighted by Crippen LogP contribution is -2.15. The number of carbonyl (C=O) groups is 1. The third-order valence-electron chi connectivity index (χ3n) is 5.23. The molecule has 3 aromatic rings. The second kappa shape index (κ2) is 7.28. The second-order valence-electron chi connectivity index (χ2n) is 6.87. The number of aldehydes is 1. The van der Waals surface area contributed by atoms with Gasteiger partial charge in [-0.1, -0.05) is 30.3 Å². The van der Waals surface area contributed by atoms with Gasteiger partial charge in [0.25, 0.3) is 10.0 Å². The van der Waals surface area contributed by atoms with Crippen LogP contribution in [0.25, 0.3) is 11.3 Å². The summed E-state index contributed by atoms with van der Waals surface area (Å²) in [7, 11) is -2.40. The van der Waals surface area contributed by atoms with Crippen molar-refractivity contribution in [2.24, 2.45) is 0 Å². The van der Waals surface area contributed by atoms with Gasteiger partial charge in [0.15, 0.2) is 6.29 Å². The molecule has 0 saturated carbocycles. The van der Waals surface area contributed by atoms with E-state index in [0.717, 1.165) is 42.2 Å². The third-order valence-corrected chi connectivity index (χ3v) is 6.89. The number of methoxy groups -OCH3 is 1. The van der Waals surface area contributed by atoms with E-state index in [9.17, 15) is 13.2 Å². The zero-order valence-electron chi connectivity index (χ0n) is 15.6. The molecule has 28 heavy (non-hydrogen) atoms.